The highest BCUT2D eigenvalue weighted by Gasteiger charge is 2.36. The molecule has 0 aromatic heterocycles. The van der Waals surface area contributed by atoms with E-state index in [2.05, 4.69) is 5.32 Å². The topological polar surface area (TPSA) is 49.4 Å². The summed E-state index contributed by atoms with van der Waals surface area (Å²) in [5.74, 6) is -0.829. The number of carbonyl (C=O) groups is 2. The van der Waals surface area contributed by atoms with E-state index in [1.165, 1.54) is 4.90 Å². The van der Waals surface area contributed by atoms with Crippen molar-refractivity contribution in [1.82, 2.24) is 0 Å². The van der Waals surface area contributed by atoms with Gasteiger partial charge < -0.3 is 10.2 Å². The molecule has 1 N–H and O–H groups in total. The van der Waals surface area contributed by atoms with E-state index in [1.54, 1.807) is 42.5 Å². The van der Waals surface area contributed by atoms with Gasteiger partial charge in [-0.25, -0.2) is 0 Å². The van der Waals surface area contributed by atoms with Crippen LogP contribution in [0.25, 0.3) is 0 Å². The molecule has 1 aliphatic heterocycles. The van der Waals surface area contributed by atoms with Crippen molar-refractivity contribution in [3.63, 3.8) is 0 Å². The first kappa shape index (κ1) is 17.1. The zero-order valence-electron chi connectivity index (χ0n) is 12.4. The van der Waals surface area contributed by atoms with Crippen LogP contribution >= 0.6 is 34.8 Å². The van der Waals surface area contributed by atoms with E-state index in [-0.39, 0.29) is 24.8 Å². The average Bonchev–Trinajstić information content (AvgIpc) is 2.94. The van der Waals surface area contributed by atoms with E-state index >= 15 is 0 Å². The zero-order chi connectivity index (χ0) is 17.3. The number of anilines is 2. The highest BCUT2D eigenvalue weighted by molar-refractivity contribution is 6.44. The number of hydrogen-bond acceptors (Lipinski definition) is 2. The predicted octanol–water partition coefficient (Wildman–Crippen LogP) is 4.64. The molecule has 0 spiro atoms. The van der Waals surface area contributed by atoms with Crippen molar-refractivity contribution in [2.45, 2.75) is 6.42 Å². The van der Waals surface area contributed by atoms with Gasteiger partial charge in [-0.3, -0.25) is 9.59 Å². The second-order valence-corrected chi connectivity index (χ2v) is 6.70. The van der Waals surface area contributed by atoms with Crippen LogP contribution in [0.5, 0.6) is 0 Å². The number of carbonyl (C=O) groups excluding carboxylic acids is 2. The molecule has 4 nitrogen and oxygen atoms in total. The van der Waals surface area contributed by atoms with E-state index in [1.807, 2.05) is 0 Å². The summed E-state index contributed by atoms with van der Waals surface area (Å²) in [4.78, 5) is 26.2. The minimum atomic E-state index is -0.455. The van der Waals surface area contributed by atoms with Crippen molar-refractivity contribution in [2.24, 2.45) is 5.92 Å². The molecule has 24 heavy (non-hydrogen) atoms. The fraction of sp³-hybridized carbons (Fsp3) is 0.176. The first-order valence-corrected chi connectivity index (χ1v) is 8.40. The van der Waals surface area contributed by atoms with Crippen LogP contribution in [0, 0.1) is 5.92 Å². The summed E-state index contributed by atoms with van der Waals surface area (Å²) in [7, 11) is 0. The fourth-order valence-electron chi connectivity index (χ4n) is 2.59. The van der Waals surface area contributed by atoms with Crippen molar-refractivity contribution in [3.05, 3.63) is 57.5 Å². The number of rotatable bonds is 3. The van der Waals surface area contributed by atoms with E-state index in [0.29, 0.717) is 26.4 Å². The van der Waals surface area contributed by atoms with Gasteiger partial charge in [-0.05, 0) is 36.4 Å². The summed E-state index contributed by atoms with van der Waals surface area (Å²) in [5, 5.41) is 4.07. The zero-order valence-corrected chi connectivity index (χ0v) is 14.7. The average molecular weight is 384 g/mol. The first-order chi connectivity index (χ1) is 11.5. The standard InChI is InChI=1S/C17H13Cl3N2O2/c18-11-4-6-12(7-5-11)21-17(24)10-8-15(23)22(9-10)14-3-1-2-13(19)16(14)20/h1-7,10H,8-9H2,(H,21,24)/t10-/m0/s1. The van der Waals surface area contributed by atoms with E-state index < -0.39 is 5.92 Å². The van der Waals surface area contributed by atoms with Crippen molar-refractivity contribution in [2.75, 3.05) is 16.8 Å². The minimum Gasteiger partial charge on any atom is -0.326 e. The number of nitrogens with zero attached hydrogens (tertiary/aromatic N) is 1. The van der Waals surface area contributed by atoms with Crippen LogP contribution in [0.1, 0.15) is 6.42 Å². The first-order valence-electron chi connectivity index (χ1n) is 7.26. The predicted molar refractivity (Wildman–Crippen MR) is 97.0 cm³/mol. The van der Waals surface area contributed by atoms with Crippen LogP contribution < -0.4 is 10.2 Å². The lowest BCUT2D eigenvalue weighted by Crippen LogP contribution is -2.28. The maximum absolute atomic E-state index is 12.4. The molecule has 1 heterocycles. The Morgan fingerprint density at radius 3 is 2.50 bits per heavy atom. The number of nitrogens with one attached hydrogen (secondary N) is 1. The molecule has 0 unspecified atom stereocenters. The largest absolute Gasteiger partial charge is 0.326 e. The SMILES string of the molecule is O=C(Nc1ccc(Cl)cc1)[C@H]1CC(=O)N(c2cccc(Cl)c2Cl)C1. The quantitative estimate of drug-likeness (QED) is 0.839. The lowest BCUT2D eigenvalue weighted by atomic mass is 10.1. The second kappa shape index (κ2) is 7.01. The van der Waals surface area contributed by atoms with Gasteiger partial charge in [-0.2, -0.15) is 0 Å². The Morgan fingerprint density at radius 1 is 1.08 bits per heavy atom. The summed E-state index contributed by atoms with van der Waals surface area (Å²) in [6, 6.07) is 11.9. The van der Waals surface area contributed by atoms with Gasteiger partial charge in [0.2, 0.25) is 11.8 Å². The summed E-state index contributed by atoms with van der Waals surface area (Å²) in [5.41, 5.74) is 1.16. The summed E-state index contributed by atoms with van der Waals surface area (Å²) in [6.45, 7) is 0.262. The summed E-state index contributed by atoms with van der Waals surface area (Å²) < 4.78 is 0. The third-order valence-electron chi connectivity index (χ3n) is 3.83. The van der Waals surface area contributed by atoms with Crippen LogP contribution in [-0.4, -0.2) is 18.4 Å². The molecule has 2 aromatic carbocycles. The van der Waals surface area contributed by atoms with Gasteiger partial charge in [0, 0.05) is 23.7 Å². The van der Waals surface area contributed by atoms with Crippen molar-refractivity contribution < 1.29 is 9.59 Å². The lowest BCUT2D eigenvalue weighted by Gasteiger charge is -2.18. The van der Waals surface area contributed by atoms with Crippen LogP contribution in [0.3, 0.4) is 0 Å². The Labute approximate surface area is 154 Å². The van der Waals surface area contributed by atoms with E-state index in [0.717, 1.165) is 0 Å². The third-order valence-corrected chi connectivity index (χ3v) is 4.89. The monoisotopic (exact) mass is 382 g/mol. The normalized spacial score (nSPS) is 17.2. The lowest BCUT2D eigenvalue weighted by molar-refractivity contribution is -0.122. The molecular weight excluding hydrogens is 371 g/mol. The van der Waals surface area contributed by atoms with Gasteiger partial charge in [-0.15, -0.1) is 0 Å². The molecule has 0 radical (unpaired) electrons. The Bertz CT molecular complexity index is 793. The van der Waals surface area contributed by atoms with Crippen molar-refractivity contribution >= 4 is 58.0 Å². The number of amides is 2. The van der Waals surface area contributed by atoms with Gasteiger partial charge in [0.15, 0.2) is 0 Å². The number of benzene rings is 2. The molecule has 2 aromatic rings. The molecule has 124 valence electrons. The Morgan fingerprint density at radius 2 is 1.79 bits per heavy atom. The van der Waals surface area contributed by atoms with Gasteiger partial charge in [-0.1, -0.05) is 40.9 Å². The van der Waals surface area contributed by atoms with E-state index in [9.17, 15) is 9.59 Å². The van der Waals surface area contributed by atoms with Gasteiger partial charge in [0.05, 0.1) is 21.7 Å². The maximum atomic E-state index is 12.4. The Kier molecular flexibility index (Phi) is 4.99. The number of halogens is 3. The van der Waals surface area contributed by atoms with Crippen LogP contribution in [0.4, 0.5) is 11.4 Å². The molecule has 2 amide bonds. The van der Waals surface area contributed by atoms with Gasteiger partial charge in [0.25, 0.3) is 0 Å². The smallest absolute Gasteiger partial charge is 0.229 e. The molecule has 0 aliphatic carbocycles. The molecular formula is C17H13Cl3N2O2. The highest BCUT2D eigenvalue weighted by Crippen LogP contribution is 2.35. The van der Waals surface area contributed by atoms with Gasteiger partial charge in [0.1, 0.15) is 0 Å². The Balaban J connectivity index is 1.73. The van der Waals surface area contributed by atoms with Crippen LogP contribution in [0.15, 0.2) is 42.5 Å². The Hall–Kier alpha value is -1.75. The molecule has 7 heteroatoms. The fourth-order valence-corrected chi connectivity index (χ4v) is 3.12. The van der Waals surface area contributed by atoms with Gasteiger partial charge >= 0.3 is 0 Å². The third kappa shape index (κ3) is 3.51. The van der Waals surface area contributed by atoms with Crippen molar-refractivity contribution in [3.8, 4) is 0 Å². The van der Waals surface area contributed by atoms with Crippen LogP contribution in [-0.2, 0) is 9.59 Å². The molecule has 3 rings (SSSR count). The van der Waals surface area contributed by atoms with Crippen molar-refractivity contribution in [1.29, 1.82) is 0 Å². The molecule has 0 bridgehead atoms. The molecule has 1 atom stereocenters. The second-order valence-electron chi connectivity index (χ2n) is 5.47. The molecule has 1 saturated heterocycles. The molecule has 1 fully saturated rings. The maximum Gasteiger partial charge on any atom is 0.229 e. The molecule has 0 saturated carbocycles. The van der Waals surface area contributed by atoms with Crippen LogP contribution in [0.2, 0.25) is 15.1 Å². The minimum absolute atomic E-state index is 0.127. The summed E-state index contributed by atoms with van der Waals surface area (Å²) in [6.07, 6.45) is 0.127. The van der Waals surface area contributed by atoms with E-state index in [4.69, 9.17) is 34.8 Å². The highest BCUT2D eigenvalue weighted by atomic mass is 35.5. The summed E-state index contributed by atoms with van der Waals surface area (Å²) >= 11 is 18.0. The molecule has 1 aliphatic rings. The number of hydrogen-bond donors (Lipinski definition) is 1.